The minimum Gasteiger partial charge on any atom is -0.508 e. The lowest BCUT2D eigenvalue weighted by Gasteiger charge is -2.29. The summed E-state index contributed by atoms with van der Waals surface area (Å²) in [6.07, 6.45) is -2.94. The molecule has 26 N–H and O–H groups in total. The molecule has 0 aliphatic carbocycles. The van der Waals surface area contributed by atoms with E-state index in [9.17, 15) is 93.0 Å². The normalized spacial score (nSPS) is 14.2. The van der Waals surface area contributed by atoms with Gasteiger partial charge in [-0.3, -0.25) is 77.3 Å². The van der Waals surface area contributed by atoms with E-state index >= 15 is 9.59 Å². The molecular weight excluding hydrogens is 1520 g/mol. The zero-order chi connectivity index (χ0) is 83.2. The minimum absolute atomic E-state index is 0.0129. The van der Waals surface area contributed by atoms with Gasteiger partial charge in [0.25, 0.3) is 0 Å². The summed E-state index contributed by atoms with van der Waals surface area (Å²) in [6, 6.07) is 5.34. The highest BCUT2D eigenvalue weighted by molar-refractivity contribution is 7.80. The number of aromatic nitrogens is 2. The number of H-pyrrole nitrogens is 2. The summed E-state index contributed by atoms with van der Waals surface area (Å²) < 4.78 is 0. The Morgan fingerprint density at radius 1 is 0.451 bits per heavy atom. The molecule has 0 aliphatic heterocycles. The molecule has 0 bridgehead atoms. The Morgan fingerprint density at radius 3 is 1.27 bits per heavy atom. The highest BCUT2D eigenvalue weighted by Crippen LogP contribution is 2.23. The lowest BCUT2D eigenvalue weighted by Crippen LogP contribution is -2.62. The molecule has 113 heavy (non-hydrogen) atoms. The maximum atomic E-state index is 15.2. The molecular formula is C72H92N18O21S2. The number of carboxylic acid groups (broad SMARTS) is 2. The SMILES string of the molecule is CC(=O)N[C@@H](CS)C(=O)N[C@@H](CC(=O)O)C(=O)N[C@@H](CO)C(=O)N[C@@H](Cc1c[nH]c2ccccc12)C(=O)N[C@@H](CCC(=O)O)C(=O)N[C@@H](CS)C(=O)N[C@@H](Cc1ccc(O)cc1)C(=O)N[C@@H](Cc1c[nH]c2ccccc12)C(=O)N[C@@H](CCCNC(=N)N)C(=O)N[C@H](C(=O)N[C@@H](Cc1ccc(O)cc1)C(=O)NCC(N)=O)[C@@H](C)O. The van der Waals surface area contributed by atoms with Crippen LogP contribution in [0.2, 0.25) is 0 Å². The quantitative estimate of drug-likeness (QED) is 0.00738. The number of aliphatic hydroxyl groups excluding tert-OH is 2. The van der Waals surface area contributed by atoms with Crippen LogP contribution >= 0.6 is 25.3 Å². The number of carbonyl (C=O) groups is 15. The van der Waals surface area contributed by atoms with E-state index in [1.165, 1.54) is 54.7 Å². The molecule has 2 aromatic heterocycles. The van der Waals surface area contributed by atoms with E-state index < -0.39 is 218 Å². The molecule has 4 aromatic carbocycles. The van der Waals surface area contributed by atoms with Gasteiger partial charge in [-0.25, -0.2) is 0 Å². The third-order valence-electron chi connectivity index (χ3n) is 17.4. The summed E-state index contributed by atoms with van der Waals surface area (Å²) in [5.74, 6) is -18.7. The van der Waals surface area contributed by atoms with Crippen LogP contribution in [0.5, 0.6) is 11.5 Å². The molecule has 0 saturated heterocycles. The lowest BCUT2D eigenvalue weighted by molar-refractivity contribution is -0.141. The van der Waals surface area contributed by atoms with E-state index in [-0.39, 0.29) is 49.5 Å². The summed E-state index contributed by atoms with van der Waals surface area (Å²) in [5.41, 5.74) is 13.5. The number of aromatic hydroxyl groups is 2. The molecule has 6 rings (SSSR count). The highest BCUT2D eigenvalue weighted by Gasteiger charge is 2.38. The number of benzene rings is 4. The van der Waals surface area contributed by atoms with Gasteiger partial charge >= 0.3 is 11.9 Å². The van der Waals surface area contributed by atoms with Crippen molar-refractivity contribution < 1.29 is 103 Å². The first-order valence-corrected chi connectivity index (χ1v) is 36.5. The third kappa shape index (κ3) is 28.4. The van der Waals surface area contributed by atoms with Crippen LogP contribution in [0.25, 0.3) is 21.8 Å². The number of carbonyl (C=O) groups excluding carboxylic acids is 13. The average Bonchev–Trinajstić information content (AvgIpc) is 1.67. The fourth-order valence-electron chi connectivity index (χ4n) is 11.6. The fourth-order valence-corrected chi connectivity index (χ4v) is 12.1. The number of hydrogen-bond donors (Lipinski definition) is 26. The zero-order valence-corrected chi connectivity index (χ0v) is 62.9. The number of nitrogens with one attached hydrogen (secondary N) is 16. The second-order valence-electron chi connectivity index (χ2n) is 26.1. The van der Waals surface area contributed by atoms with Gasteiger partial charge in [0.1, 0.15) is 78.0 Å². The monoisotopic (exact) mass is 1610 g/mol. The van der Waals surface area contributed by atoms with Gasteiger partial charge in [-0.15, -0.1) is 0 Å². The van der Waals surface area contributed by atoms with Crippen LogP contribution in [0.15, 0.2) is 109 Å². The Bertz CT molecular complexity index is 4410. The summed E-state index contributed by atoms with van der Waals surface area (Å²) in [7, 11) is 0. The van der Waals surface area contributed by atoms with Crippen molar-refractivity contribution in [2.75, 3.05) is 31.2 Å². The number of phenolic OH excluding ortho intramolecular Hbond substituents is 2. The summed E-state index contributed by atoms with van der Waals surface area (Å²) in [4.78, 5) is 211. The molecule has 12 atom stereocenters. The van der Waals surface area contributed by atoms with Crippen LogP contribution in [0, 0.1) is 5.41 Å². The smallest absolute Gasteiger partial charge is 0.305 e. The van der Waals surface area contributed by atoms with Gasteiger partial charge in [0, 0.05) is 91.3 Å². The van der Waals surface area contributed by atoms with Crippen molar-refractivity contribution >= 4 is 142 Å². The van der Waals surface area contributed by atoms with Crippen molar-refractivity contribution in [2.24, 2.45) is 11.5 Å². The highest BCUT2D eigenvalue weighted by atomic mass is 32.1. The van der Waals surface area contributed by atoms with Gasteiger partial charge < -0.3 is 121 Å². The molecule has 0 aliphatic rings. The van der Waals surface area contributed by atoms with Crippen LogP contribution in [-0.2, 0) is 97.6 Å². The zero-order valence-electron chi connectivity index (χ0n) is 61.1. The predicted molar refractivity (Wildman–Crippen MR) is 411 cm³/mol. The van der Waals surface area contributed by atoms with Crippen molar-refractivity contribution in [2.45, 2.75) is 144 Å². The predicted octanol–water partition coefficient (Wildman–Crippen LogP) is -4.88. The Labute approximate surface area is 655 Å². The number of aliphatic hydroxyl groups is 2. The Balaban J connectivity index is 1.29. The van der Waals surface area contributed by atoms with E-state index in [2.05, 4.69) is 104 Å². The van der Waals surface area contributed by atoms with E-state index in [4.69, 9.17) is 16.9 Å². The van der Waals surface area contributed by atoms with Gasteiger partial charge in [-0.2, -0.15) is 25.3 Å². The van der Waals surface area contributed by atoms with Crippen LogP contribution < -0.4 is 80.6 Å². The van der Waals surface area contributed by atoms with Crippen molar-refractivity contribution in [3.05, 3.63) is 132 Å². The second-order valence-corrected chi connectivity index (χ2v) is 26.9. The maximum Gasteiger partial charge on any atom is 0.305 e. The number of phenols is 2. The molecule has 608 valence electrons. The second kappa shape index (κ2) is 43.8. The first-order valence-electron chi connectivity index (χ1n) is 35.2. The Kier molecular flexibility index (Phi) is 34.6. The number of hydrogen-bond acceptors (Lipinski definition) is 22. The summed E-state index contributed by atoms with van der Waals surface area (Å²) >= 11 is 8.34. The standard InChI is InChI=1S/C72H92N18O21S2/c1-35(92)60(71(111)87-49(61(101)79-31-57(73)96)24-37-13-17-41(94)18-14-37)90-63(103)47(12-7-23-76-72(74)75)81-65(105)51(26-39-29-77-45-10-5-3-8-43(39)45)84-64(104)50(25-38-15-19-42(95)20-16-38)83-70(110)56(34-113)89-62(102)48(21-22-58(97)98)82-66(106)52(27-40-30-78-46-11-6-4-9-44(40)46)85-68(108)54(32-91)88-67(107)53(28-59(99)100)86-69(109)55(33-112)80-36(2)93/h3-6,8-11,13-20,29-30,35,47-56,60,77-78,91-92,94-95,112-113H,7,12,21-28,31-34H2,1-2H3,(H2,73,96)(H,79,101)(H,80,93)(H,81,105)(H,82,106)(H,83,110)(H,84,104)(H,85,108)(H,86,109)(H,87,111)(H,88,107)(H,89,102)(H,90,103)(H,97,98)(H,99,100)(H4,74,75,76)/t35-,47+,48+,49+,50+,51+,52+,53+,54+,55+,56+,60+/m1/s1. The molecule has 0 unspecified atom stereocenters. The number of para-hydroxylation sites is 2. The molecule has 0 spiro atoms. The van der Waals surface area contributed by atoms with E-state index in [0.717, 1.165) is 13.8 Å². The van der Waals surface area contributed by atoms with Crippen molar-refractivity contribution in [1.29, 1.82) is 5.41 Å². The minimum atomic E-state index is -1.98. The molecule has 2 heterocycles. The lowest BCUT2D eigenvalue weighted by atomic mass is 10.0. The number of primary amides is 1. The number of nitrogens with two attached hydrogens (primary N) is 2. The maximum absolute atomic E-state index is 15.2. The number of thiol groups is 2. The number of guanidine groups is 1. The number of fused-ring (bicyclic) bond motifs is 2. The van der Waals surface area contributed by atoms with E-state index in [1.54, 1.807) is 54.7 Å². The molecule has 0 saturated carbocycles. The van der Waals surface area contributed by atoms with Gasteiger partial charge in [-0.05, 0) is 84.8 Å². The molecule has 41 heteroatoms. The summed E-state index contributed by atoms with van der Waals surface area (Å²) in [5, 5.41) is 101. The molecule has 0 fully saturated rings. The number of aliphatic carboxylic acids is 2. The van der Waals surface area contributed by atoms with E-state index in [0.29, 0.717) is 44.1 Å². The van der Waals surface area contributed by atoms with Gasteiger partial charge in [0.2, 0.25) is 76.8 Å². The van der Waals surface area contributed by atoms with Crippen LogP contribution in [0.3, 0.4) is 0 Å². The topological polar surface area (TPSA) is 641 Å². The number of carboxylic acids is 2. The van der Waals surface area contributed by atoms with Crippen molar-refractivity contribution in [3.8, 4) is 11.5 Å². The molecule has 13 amide bonds. The van der Waals surface area contributed by atoms with Crippen molar-refractivity contribution in [1.82, 2.24) is 79.1 Å². The molecule has 39 nitrogen and oxygen atoms in total. The molecule has 0 radical (unpaired) electrons. The van der Waals surface area contributed by atoms with Crippen LogP contribution in [0.4, 0.5) is 0 Å². The largest absolute Gasteiger partial charge is 0.508 e. The van der Waals surface area contributed by atoms with Gasteiger partial charge in [-0.1, -0.05) is 60.7 Å². The average molecular weight is 1610 g/mol. The first kappa shape index (κ1) is 89.4. The van der Waals surface area contributed by atoms with E-state index in [1.807, 2.05) is 0 Å². The number of amides is 13. The number of rotatable bonds is 45. The van der Waals surface area contributed by atoms with Gasteiger partial charge in [0.05, 0.1) is 25.7 Å². The third-order valence-corrected chi connectivity index (χ3v) is 18.1. The fraction of sp³-hybridized carbons (Fsp3) is 0.389. The van der Waals surface area contributed by atoms with Crippen molar-refractivity contribution in [3.63, 3.8) is 0 Å². The first-order chi connectivity index (χ1) is 53.7. The van der Waals surface area contributed by atoms with Crippen LogP contribution in [-0.4, -0.2) is 239 Å². The molecule has 6 aromatic rings. The Hall–Kier alpha value is -12.5. The Morgan fingerprint density at radius 2 is 0.832 bits per heavy atom. The number of aromatic amines is 2. The van der Waals surface area contributed by atoms with Gasteiger partial charge in [0.15, 0.2) is 5.96 Å². The summed E-state index contributed by atoms with van der Waals surface area (Å²) in [6.45, 7) is 0.340. The van der Waals surface area contributed by atoms with Crippen LogP contribution in [0.1, 0.15) is 68.2 Å².